The maximum absolute atomic E-state index is 11.9. The van der Waals surface area contributed by atoms with Gasteiger partial charge in [0.25, 0.3) is 0 Å². The lowest BCUT2D eigenvalue weighted by Gasteiger charge is -2.27. The molecule has 3 nitrogen and oxygen atoms in total. The quantitative estimate of drug-likeness (QED) is 0.760. The Morgan fingerprint density at radius 2 is 2.19 bits per heavy atom. The van der Waals surface area contributed by atoms with E-state index < -0.39 is 0 Å². The van der Waals surface area contributed by atoms with Crippen LogP contribution >= 0.6 is 0 Å². The Balaban J connectivity index is 1.69. The molecule has 1 amide bonds. The highest BCUT2D eigenvalue weighted by Crippen LogP contribution is 2.36. The molecule has 0 aromatic carbocycles. The topological polar surface area (TPSA) is 41.1 Å². The number of amides is 1. The lowest BCUT2D eigenvalue weighted by Crippen LogP contribution is -2.49. The summed E-state index contributed by atoms with van der Waals surface area (Å²) in [6.07, 6.45) is 4.90. The summed E-state index contributed by atoms with van der Waals surface area (Å²) in [6.45, 7) is 6.32. The van der Waals surface area contributed by atoms with Crippen LogP contribution in [-0.2, 0) is 4.79 Å². The number of carbonyl (C=O) groups is 1. The van der Waals surface area contributed by atoms with Crippen LogP contribution in [0.15, 0.2) is 0 Å². The molecular formula is C13H24N2O. The number of hydrogen-bond acceptors (Lipinski definition) is 2. The fourth-order valence-electron chi connectivity index (χ4n) is 2.52. The summed E-state index contributed by atoms with van der Waals surface area (Å²) >= 11 is 0. The fraction of sp³-hybridized carbons (Fsp3) is 0.923. The molecule has 3 heteroatoms. The van der Waals surface area contributed by atoms with Crippen molar-refractivity contribution in [2.45, 2.75) is 45.6 Å². The van der Waals surface area contributed by atoms with Gasteiger partial charge in [0.2, 0.25) is 5.91 Å². The molecule has 92 valence electrons. The van der Waals surface area contributed by atoms with Crippen LogP contribution < -0.4 is 10.6 Å². The summed E-state index contributed by atoms with van der Waals surface area (Å²) in [6, 6.07) is 0.0511. The molecule has 2 rings (SSSR count). The molecular weight excluding hydrogens is 200 g/mol. The molecule has 0 bridgehead atoms. The van der Waals surface area contributed by atoms with Crippen molar-refractivity contribution in [3.05, 3.63) is 0 Å². The molecule has 1 heterocycles. The van der Waals surface area contributed by atoms with E-state index in [1.807, 2.05) is 0 Å². The van der Waals surface area contributed by atoms with Crippen LogP contribution in [0.3, 0.4) is 0 Å². The number of carbonyl (C=O) groups excluding carboxylic acids is 1. The number of rotatable bonds is 4. The average molecular weight is 224 g/mol. The van der Waals surface area contributed by atoms with Gasteiger partial charge in [-0.15, -0.1) is 0 Å². The predicted molar refractivity (Wildman–Crippen MR) is 65.1 cm³/mol. The normalized spacial score (nSPS) is 32.1. The molecule has 3 unspecified atom stereocenters. The molecule has 0 radical (unpaired) electrons. The smallest absolute Gasteiger partial charge is 0.237 e. The van der Waals surface area contributed by atoms with Gasteiger partial charge in [-0.25, -0.2) is 0 Å². The van der Waals surface area contributed by atoms with Gasteiger partial charge >= 0.3 is 0 Å². The Hall–Kier alpha value is -0.570. The zero-order chi connectivity index (χ0) is 11.5. The second-order valence-corrected chi connectivity index (χ2v) is 5.70. The standard InChI is InChI=1S/C13H24N2O/c1-9-5-6-14-12(7-9)13(16)15-8-10(2)11-3-4-11/h9-12,14H,3-8H2,1-2H3,(H,15,16). The van der Waals surface area contributed by atoms with Gasteiger partial charge in [0.15, 0.2) is 0 Å². The van der Waals surface area contributed by atoms with Crippen LogP contribution in [-0.4, -0.2) is 25.0 Å². The molecule has 1 aliphatic carbocycles. The van der Waals surface area contributed by atoms with E-state index >= 15 is 0 Å². The van der Waals surface area contributed by atoms with Gasteiger partial charge < -0.3 is 10.6 Å². The van der Waals surface area contributed by atoms with E-state index in [2.05, 4.69) is 24.5 Å². The van der Waals surface area contributed by atoms with Crippen molar-refractivity contribution in [1.29, 1.82) is 0 Å². The van der Waals surface area contributed by atoms with Crippen LogP contribution in [0.5, 0.6) is 0 Å². The molecule has 16 heavy (non-hydrogen) atoms. The van der Waals surface area contributed by atoms with Gasteiger partial charge in [-0.3, -0.25) is 4.79 Å². The van der Waals surface area contributed by atoms with E-state index in [1.54, 1.807) is 0 Å². The predicted octanol–water partition coefficient (Wildman–Crippen LogP) is 1.54. The van der Waals surface area contributed by atoms with Gasteiger partial charge in [-0.1, -0.05) is 13.8 Å². The summed E-state index contributed by atoms with van der Waals surface area (Å²) < 4.78 is 0. The molecule has 3 atom stereocenters. The van der Waals surface area contributed by atoms with Crippen LogP contribution in [0.2, 0.25) is 0 Å². The largest absolute Gasteiger partial charge is 0.354 e. The van der Waals surface area contributed by atoms with Crippen molar-refractivity contribution in [3.8, 4) is 0 Å². The van der Waals surface area contributed by atoms with Gasteiger partial charge in [0, 0.05) is 6.54 Å². The van der Waals surface area contributed by atoms with Gasteiger partial charge in [0.1, 0.15) is 0 Å². The molecule has 0 aromatic heterocycles. The van der Waals surface area contributed by atoms with Crippen molar-refractivity contribution >= 4 is 5.91 Å². The minimum atomic E-state index is 0.0511. The second kappa shape index (κ2) is 5.17. The zero-order valence-corrected chi connectivity index (χ0v) is 10.5. The minimum Gasteiger partial charge on any atom is -0.354 e. The van der Waals surface area contributed by atoms with Crippen LogP contribution in [0.4, 0.5) is 0 Å². The van der Waals surface area contributed by atoms with Gasteiger partial charge in [0.05, 0.1) is 6.04 Å². The Kier molecular flexibility index (Phi) is 3.85. The lowest BCUT2D eigenvalue weighted by molar-refractivity contribution is -0.124. The van der Waals surface area contributed by atoms with Gasteiger partial charge in [-0.05, 0) is 50.0 Å². The Morgan fingerprint density at radius 3 is 2.81 bits per heavy atom. The maximum atomic E-state index is 11.9. The molecule has 2 N–H and O–H groups in total. The molecule has 1 aliphatic heterocycles. The third kappa shape index (κ3) is 3.21. The van der Waals surface area contributed by atoms with E-state index in [4.69, 9.17) is 0 Å². The van der Waals surface area contributed by atoms with Crippen LogP contribution in [0.1, 0.15) is 39.5 Å². The number of nitrogens with one attached hydrogen (secondary N) is 2. The van der Waals surface area contributed by atoms with E-state index in [1.165, 1.54) is 19.3 Å². The SMILES string of the molecule is CC1CCNC(C(=O)NCC(C)C2CC2)C1. The summed E-state index contributed by atoms with van der Waals surface area (Å²) in [5.74, 6) is 2.42. The third-order valence-electron chi connectivity index (χ3n) is 4.01. The Bertz CT molecular complexity index is 250. The summed E-state index contributed by atoms with van der Waals surface area (Å²) in [5, 5.41) is 6.40. The zero-order valence-electron chi connectivity index (χ0n) is 10.5. The van der Waals surface area contributed by atoms with E-state index in [0.29, 0.717) is 11.8 Å². The molecule has 1 saturated carbocycles. The van der Waals surface area contributed by atoms with Crippen molar-refractivity contribution in [2.75, 3.05) is 13.1 Å². The maximum Gasteiger partial charge on any atom is 0.237 e. The van der Waals surface area contributed by atoms with E-state index in [0.717, 1.165) is 25.4 Å². The first-order chi connectivity index (χ1) is 7.66. The van der Waals surface area contributed by atoms with E-state index in [-0.39, 0.29) is 11.9 Å². The van der Waals surface area contributed by atoms with E-state index in [9.17, 15) is 4.79 Å². The first-order valence-electron chi connectivity index (χ1n) is 6.68. The summed E-state index contributed by atoms with van der Waals surface area (Å²) in [4.78, 5) is 11.9. The highest BCUT2D eigenvalue weighted by Gasteiger charge is 2.29. The minimum absolute atomic E-state index is 0.0511. The van der Waals surface area contributed by atoms with Crippen molar-refractivity contribution in [1.82, 2.24) is 10.6 Å². The Morgan fingerprint density at radius 1 is 1.44 bits per heavy atom. The highest BCUT2D eigenvalue weighted by atomic mass is 16.2. The monoisotopic (exact) mass is 224 g/mol. The fourth-order valence-corrected chi connectivity index (χ4v) is 2.52. The molecule has 0 spiro atoms. The van der Waals surface area contributed by atoms with Crippen molar-refractivity contribution in [2.24, 2.45) is 17.8 Å². The molecule has 2 aliphatic rings. The van der Waals surface area contributed by atoms with Crippen molar-refractivity contribution < 1.29 is 4.79 Å². The first-order valence-corrected chi connectivity index (χ1v) is 6.68. The van der Waals surface area contributed by atoms with Gasteiger partial charge in [-0.2, -0.15) is 0 Å². The van der Waals surface area contributed by atoms with Crippen molar-refractivity contribution in [3.63, 3.8) is 0 Å². The summed E-state index contributed by atoms with van der Waals surface area (Å²) in [5.41, 5.74) is 0. The molecule has 0 aromatic rings. The third-order valence-corrected chi connectivity index (χ3v) is 4.01. The number of hydrogen-bond donors (Lipinski definition) is 2. The van der Waals surface area contributed by atoms with Crippen LogP contribution in [0, 0.1) is 17.8 Å². The first kappa shape index (κ1) is 11.9. The van der Waals surface area contributed by atoms with Crippen LogP contribution in [0.25, 0.3) is 0 Å². The Labute approximate surface area is 98.4 Å². The number of piperidine rings is 1. The summed E-state index contributed by atoms with van der Waals surface area (Å²) in [7, 11) is 0. The molecule has 2 fully saturated rings. The lowest BCUT2D eigenvalue weighted by atomic mass is 9.94. The molecule has 1 saturated heterocycles. The average Bonchev–Trinajstić information content (AvgIpc) is 3.09. The highest BCUT2D eigenvalue weighted by molar-refractivity contribution is 5.81. The second-order valence-electron chi connectivity index (χ2n) is 5.70.